The Bertz CT molecular complexity index is 1620. The smallest absolute Gasteiger partial charge is 0.261 e. The molecule has 1 fully saturated rings. The first-order valence-electron chi connectivity index (χ1n) is 14.0. The number of pyridine rings is 2. The van der Waals surface area contributed by atoms with Gasteiger partial charge in [0.05, 0.1) is 40.4 Å². The maximum absolute atomic E-state index is 14.0. The number of rotatable bonds is 10. The van der Waals surface area contributed by atoms with Crippen molar-refractivity contribution in [1.82, 2.24) is 20.7 Å². The van der Waals surface area contributed by atoms with Crippen molar-refractivity contribution in [3.63, 3.8) is 0 Å². The zero-order valence-electron chi connectivity index (χ0n) is 25.4. The number of hydrogen-bond acceptors (Lipinski definition) is 8. The average Bonchev–Trinajstić information content (AvgIpc) is 3.69. The molecule has 1 aliphatic rings. The molecule has 8 nitrogen and oxygen atoms in total. The van der Waals surface area contributed by atoms with Crippen molar-refractivity contribution in [1.29, 1.82) is 5.26 Å². The first-order chi connectivity index (χ1) is 20.0. The van der Waals surface area contributed by atoms with Gasteiger partial charge in [-0.3, -0.25) is 10.8 Å². The van der Waals surface area contributed by atoms with Crippen molar-refractivity contribution in [3.8, 4) is 6.07 Å². The standard InChI is InChI=1S/C28H32ClF3N8/c1-15-18(5-6-22(30)38-15)25(21(40-34)13-37-28(7-8-28)26(31)32)39-17-9-19-23(36-14-27(2,3)4)16(11-33)12-35-24(19)20(29)10-17/h5-6,9-10,12-13,25-26,37,39-40H,7-8,14,34H2,1-4H3,(H,35,36)/b21-13-/t25-/m0/s1/i13D,14D2. The fourth-order valence-corrected chi connectivity index (χ4v) is 4.31. The molecule has 2 heterocycles. The molecular weight excluding hydrogens is 541 g/mol. The van der Waals surface area contributed by atoms with Crippen LogP contribution in [0.15, 0.2) is 42.3 Å². The number of nitriles is 1. The lowest BCUT2D eigenvalue weighted by Crippen LogP contribution is -2.37. The van der Waals surface area contributed by atoms with Crippen LogP contribution in [-0.2, 0) is 0 Å². The second-order valence-corrected chi connectivity index (χ2v) is 11.1. The number of anilines is 2. The fourth-order valence-electron chi connectivity index (χ4n) is 4.05. The van der Waals surface area contributed by atoms with Gasteiger partial charge < -0.3 is 21.4 Å². The zero-order valence-corrected chi connectivity index (χ0v) is 23.1. The average molecular weight is 576 g/mol. The number of hydrazine groups is 1. The van der Waals surface area contributed by atoms with Crippen molar-refractivity contribution in [2.24, 2.45) is 11.3 Å². The summed E-state index contributed by atoms with van der Waals surface area (Å²) in [6.07, 6.45) is -1.47. The van der Waals surface area contributed by atoms with Gasteiger partial charge in [-0.2, -0.15) is 9.65 Å². The maximum Gasteiger partial charge on any atom is 0.261 e. The van der Waals surface area contributed by atoms with Crippen LogP contribution in [0, 0.1) is 29.6 Å². The molecule has 40 heavy (non-hydrogen) atoms. The van der Waals surface area contributed by atoms with E-state index in [2.05, 4.69) is 31.3 Å². The van der Waals surface area contributed by atoms with Gasteiger partial charge in [-0.1, -0.05) is 38.4 Å². The molecule has 0 amide bonds. The zero-order chi connectivity index (χ0) is 31.9. The number of fused-ring (bicyclic) bond motifs is 1. The highest BCUT2D eigenvalue weighted by atomic mass is 35.5. The van der Waals surface area contributed by atoms with E-state index in [0.29, 0.717) is 16.6 Å². The Balaban J connectivity index is 1.88. The molecule has 0 bridgehead atoms. The highest BCUT2D eigenvalue weighted by Crippen LogP contribution is 2.41. The summed E-state index contributed by atoms with van der Waals surface area (Å²) in [4.78, 5) is 8.17. The predicted octanol–water partition coefficient (Wildman–Crippen LogP) is 5.91. The molecular formula is C28H32ClF3N8. The molecule has 2 aromatic heterocycles. The van der Waals surface area contributed by atoms with E-state index in [-0.39, 0.29) is 46.0 Å². The minimum Gasteiger partial charge on any atom is -0.383 e. The molecule has 1 atom stereocenters. The molecule has 4 rings (SSSR count). The molecule has 1 saturated carbocycles. The summed E-state index contributed by atoms with van der Waals surface area (Å²) in [6.45, 7) is 4.71. The van der Waals surface area contributed by atoms with E-state index in [4.69, 9.17) is 21.6 Å². The van der Waals surface area contributed by atoms with Crippen molar-refractivity contribution in [3.05, 3.63) is 70.1 Å². The third-order valence-electron chi connectivity index (χ3n) is 6.42. The first kappa shape index (κ1) is 25.2. The quantitative estimate of drug-likeness (QED) is 0.115. The lowest BCUT2D eigenvalue weighted by molar-refractivity contribution is 0.0925. The summed E-state index contributed by atoms with van der Waals surface area (Å²) in [6, 6.07) is 6.66. The fraction of sp³-hybridized carbons (Fsp3) is 0.393. The van der Waals surface area contributed by atoms with Gasteiger partial charge in [0.25, 0.3) is 6.43 Å². The van der Waals surface area contributed by atoms with Crippen molar-refractivity contribution in [2.45, 2.75) is 58.5 Å². The lowest BCUT2D eigenvalue weighted by atomic mass is 9.96. The van der Waals surface area contributed by atoms with Crippen LogP contribution < -0.4 is 27.2 Å². The van der Waals surface area contributed by atoms with Gasteiger partial charge in [0.1, 0.15) is 6.07 Å². The normalized spacial score (nSPS) is 17.2. The number of nitrogens with zero attached hydrogens (tertiary/aromatic N) is 3. The Morgan fingerprint density at radius 2 is 2.08 bits per heavy atom. The van der Waals surface area contributed by atoms with Gasteiger partial charge in [0, 0.05) is 43.9 Å². The second kappa shape index (κ2) is 11.4. The molecule has 0 aliphatic heterocycles. The minimum atomic E-state index is -2.71. The molecule has 1 aliphatic carbocycles. The van der Waals surface area contributed by atoms with Crippen molar-refractivity contribution < 1.29 is 17.3 Å². The molecule has 0 spiro atoms. The van der Waals surface area contributed by atoms with E-state index >= 15 is 0 Å². The first-order valence-corrected chi connectivity index (χ1v) is 12.8. The lowest BCUT2D eigenvalue weighted by Gasteiger charge is -2.26. The summed E-state index contributed by atoms with van der Waals surface area (Å²) in [5.41, 5.74) is 1.46. The van der Waals surface area contributed by atoms with Crippen LogP contribution in [0.3, 0.4) is 0 Å². The molecule has 0 saturated heterocycles. The van der Waals surface area contributed by atoms with Gasteiger partial charge >= 0.3 is 0 Å². The molecule has 6 N–H and O–H groups in total. The molecule has 212 valence electrons. The largest absolute Gasteiger partial charge is 0.383 e. The number of halogens is 4. The minimum absolute atomic E-state index is 0.0361. The topological polar surface area (TPSA) is 124 Å². The van der Waals surface area contributed by atoms with Gasteiger partial charge in [-0.05, 0) is 43.4 Å². The Morgan fingerprint density at radius 3 is 2.65 bits per heavy atom. The molecule has 1 aromatic carbocycles. The number of nitrogens with two attached hydrogens (primary N) is 1. The second-order valence-electron chi connectivity index (χ2n) is 10.7. The van der Waals surface area contributed by atoms with Crippen LogP contribution in [0.2, 0.25) is 5.02 Å². The van der Waals surface area contributed by atoms with E-state index in [1.54, 1.807) is 33.8 Å². The highest BCUT2D eigenvalue weighted by Gasteiger charge is 2.50. The van der Waals surface area contributed by atoms with Gasteiger partial charge in [0.15, 0.2) is 0 Å². The summed E-state index contributed by atoms with van der Waals surface area (Å²) in [5, 5.41) is 18.9. The van der Waals surface area contributed by atoms with E-state index < -0.39 is 42.0 Å². The number of aryl methyl sites for hydroxylation is 1. The summed E-state index contributed by atoms with van der Waals surface area (Å²) < 4.78 is 67.2. The molecule has 12 heteroatoms. The van der Waals surface area contributed by atoms with Gasteiger partial charge in [-0.15, -0.1) is 0 Å². The predicted molar refractivity (Wildman–Crippen MR) is 151 cm³/mol. The maximum atomic E-state index is 14.0. The van der Waals surface area contributed by atoms with E-state index in [1.807, 2.05) is 6.07 Å². The van der Waals surface area contributed by atoms with Crippen LogP contribution in [0.4, 0.5) is 24.5 Å². The van der Waals surface area contributed by atoms with Crippen LogP contribution in [0.5, 0.6) is 0 Å². The Hall–Kier alpha value is -3.75. The third-order valence-corrected chi connectivity index (χ3v) is 6.71. The number of benzene rings is 1. The van der Waals surface area contributed by atoms with E-state index in [1.165, 1.54) is 18.3 Å². The van der Waals surface area contributed by atoms with Crippen LogP contribution in [0.1, 0.15) is 60.6 Å². The molecule has 0 radical (unpaired) electrons. The summed E-state index contributed by atoms with van der Waals surface area (Å²) in [5.74, 6) is 5.10. The number of aromatic nitrogens is 2. The van der Waals surface area contributed by atoms with Crippen LogP contribution in [-0.4, -0.2) is 28.4 Å². The van der Waals surface area contributed by atoms with E-state index in [0.717, 1.165) is 6.07 Å². The van der Waals surface area contributed by atoms with Crippen LogP contribution >= 0.6 is 11.6 Å². The molecule has 0 unspecified atom stereocenters. The third kappa shape index (κ3) is 6.35. The van der Waals surface area contributed by atoms with Crippen molar-refractivity contribution >= 4 is 33.9 Å². The number of nitrogens with one attached hydrogen (secondary N) is 4. The Morgan fingerprint density at radius 1 is 1.35 bits per heavy atom. The Kier molecular flexibility index (Phi) is 7.19. The monoisotopic (exact) mass is 575 g/mol. The summed E-state index contributed by atoms with van der Waals surface area (Å²) in [7, 11) is 0. The van der Waals surface area contributed by atoms with Crippen LogP contribution in [0.25, 0.3) is 10.9 Å². The highest BCUT2D eigenvalue weighted by molar-refractivity contribution is 6.35. The number of hydrogen-bond donors (Lipinski definition) is 5. The number of alkyl halides is 2. The summed E-state index contributed by atoms with van der Waals surface area (Å²) >= 11 is 6.62. The SMILES string of the molecule is [2H]/C(NC1(C(F)F)CC1)=C(/NN)[C@@H](Nc1cc(Cl)c2ncc(C#N)c(NC([2H])([2H])C(C)(C)C)c2c1)c1ccc(F)nc1C. The Labute approximate surface area is 240 Å². The molecule has 3 aromatic rings. The van der Waals surface area contributed by atoms with Gasteiger partial charge in [-0.25, -0.2) is 13.8 Å². The van der Waals surface area contributed by atoms with Crippen molar-refractivity contribution in [2.75, 3.05) is 17.1 Å². The van der Waals surface area contributed by atoms with Gasteiger partial charge in [0.2, 0.25) is 5.95 Å². The van der Waals surface area contributed by atoms with E-state index in [9.17, 15) is 18.4 Å².